The van der Waals surface area contributed by atoms with Crippen molar-refractivity contribution < 1.29 is 5.11 Å². The van der Waals surface area contributed by atoms with E-state index < -0.39 is 0 Å². The van der Waals surface area contributed by atoms with E-state index in [-0.39, 0.29) is 6.61 Å². The molecule has 3 nitrogen and oxygen atoms in total. The third kappa shape index (κ3) is 4.30. The van der Waals surface area contributed by atoms with Gasteiger partial charge in [-0.1, -0.05) is 32.8 Å². The van der Waals surface area contributed by atoms with Crippen LogP contribution in [0.4, 0.5) is 5.82 Å². The minimum absolute atomic E-state index is 0.0725. The summed E-state index contributed by atoms with van der Waals surface area (Å²) in [6.07, 6.45) is 4.81. The molecule has 3 heteroatoms. The molecule has 0 aliphatic heterocycles. The molecule has 0 spiro atoms. The van der Waals surface area contributed by atoms with Gasteiger partial charge < -0.3 is 10.0 Å². The Morgan fingerprint density at radius 1 is 1.11 bits per heavy atom. The highest BCUT2D eigenvalue weighted by atomic mass is 16.3. The summed E-state index contributed by atoms with van der Waals surface area (Å²) in [6, 6.07) is 4.02. The number of aliphatic hydroxyl groups is 1. The Labute approximate surface area is 111 Å². The molecule has 18 heavy (non-hydrogen) atoms. The minimum atomic E-state index is 0.0725. The highest BCUT2D eigenvalue weighted by Gasteiger charge is 2.08. The monoisotopic (exact) mass is 250 g/mol. The summed E-state index contributed by atoms with van der Waals surface area (Å²) in [5, 5.41) is 9.18. The summed E-state index contributed by atoms with van der Waals surface area (Å²) < 4.78 is 0. The highest BCUT2D eigenvalue weighted by Crippen LogP contribution is 2.16. The third-order valence-corrected chi connectivity index (χ3v) is 3.24. The van der Waals surface area contributed by atoms with E-state index in [1.807, 2.05) is 19.1 Å². The Bertz CT molecular complexity index is 344. The first-order valence-electron chi connectivity index (χ1n) is 7.05. The van der Waals surface area contributed by atoms with E-state index in [1.165, 1.54) is 25.7 Å². The normalized spacial score (nSPS) is 10.7. The maximum Gasteiger partial charge on any atom is 0.128 e. The van der Waals surface area contributed by atoms with Crippen molar-refractivity contribution in [3.05, 3.63) is 23.4 Å². The Morgan fingerprint density at radius 2 is 1.72 bits per heavy atom. The van der Waals surface area contributed by atoms with Gasteiger partial charge in [-0.25, -0.2) is 4.98 Å². The van der Waals surface area contributed by atoms with Crippen LogP contribution in [0.1, 0.15) is 50.8 Å². The minimum Gasteiger partial charge on any atom is -0.392 e. The van der Waals surface area contributed by atoms with Gasteiger partial charge in [0.1, 0.15) is 5.82 Å². The lowest BCUT2D eigenvalue weighted by Crippen LogP contribution is -2.26. The van der Waals surface area contributed by atoms with E-state index in [0.29, 0.717) is 0 Å². The summed E-state index contributed by atoms with van der Waals surface area (Å²) in [5.41, 5.74) is 1.86. The van der Waals surface area contributed by atoms with Crippen LogP contribution in [0, 0.1) is 6.92 Å². The molecule has 102 valence electrons. The molecule has 0 saturated carbocycles. The summed E-state index contributed by atoms with van der Waals surface area (Å²) in [6.45, 7) is 8.61. The molecule has 0 unspecified atom stereocenters. The quantitative estimate of drug-likeness (QED) is 0.769. The number of rotatable bonds is 8. The van der Waals surface area contributed by atoms with E-state index in [1.54, 1.807) is 0 Å². The van der Waals surface area contributed by atoms with Gasteiger partial charge in [-0.15, -0.1) is 0 Å². The molecule has 1 rings (SSSR count). The predicted octanol–water partition coefficient (Wildman–Crippen LogP) is 3.29. The maximum absolute atomic E-state index is 9.18. The van der Waals surface area contributed by atoms with E-state index in [9.17, 15) is 5.11 Å². The number of anilines is 1. The number of hydrogen-bond acceptors (Lipinski definition) is 3. The van der Waals surface area contributed by atoms with Gasteiger partial charge in [-0.05, 0) is 31.4 Å². The standard InChI is InChI=1S/C15H26N2O/c1-4-6-10-17(11-7-5-2)15-9-8-14(12-18)13(3)16-15/h8-9,18H,4-7,10-12H2,1-3H3. The number of aromatic nitrogens is 1. The lowest BCUT2D eigenvalue weighted by molar-refractivity contribution is 0.280. The Hall–Kier alpha value is -1.09. The largest absolute Gasteiger partial charge is 0.392 e. The molecule has 0 aromatic carbocycles. The first-order valence-corrected chi connectivity index (χ1v) is 7.05. The van der Waals surface area contributed by atoms with Gasteiger partial charge >= 0.3 is 0 Å². The summed E-state index contributed by atoms with van der Waals surface area (Å²) in [4.78, 5) is 6.98. The Kier molecular flexibility index (Phi) is 6.73. The fourth-order valence-electron chi connectivity index (χ4n) is 1.96. The van der Waals surface area contributed by atoms with Crippen LogP contribution in [-0.4, -0.2) is 23.2 Å². The molecule has 0 aliphatic carbocycles. The number of hydrogen-bond donors (Lipinski definition) is 1. The Balaban J connectivity index is 2.79. The van der Waals surface area contributed by atoms with Gasteiger partial charge in [-0.2, -0.15) is 0 Å². The average molecular weight is 250 g/mol. The number of nitrogens with zero attached hydrogens (tertiary/aromatic N) is 2. The number of aryl methyl sites for hydroxylation is 1. The highest BCUT2D eigenvalue weighted by molar-refractivity contribution is 5.41. The second kappa shape index (κ2) is 8.09. The lowest BCUT2D eigenvalue weighted by Gasteiger charge is -2.24. The molecule has 0 atom stereocenters. The van der Waals surface area contributed by atoms with Crippen LogP contribution in [0.15, 0.2) is 12.1 Å². The van der Waals surface area contributed by atoms with Crippen LogP contribution < -0.4 is 4.90 Å². The van der Waals surface area contributed by atoms with Gasteiger partial charge in [0.25, 0.3) is 0 Å². The second-order valence-corrected chi connectivity index (χ2v) is 4.77. The summed E-state index contributed by atoms with van der Waals surface area (Å²) in [7, 11) is 0. The maximum atomic E-state index is 9.18. The average Bonchev–Trinajstić information content (AvgIpc) is 2.39. The van der Waals surface area contributed by atoms with Crippen molar-refractivity contribution in [1.82, 2.24) is 4.98 Å². The van der Waals surface area contributed by atoms with Crippen molar-refractivity contribution >= 4 is 5.82 Å². The van der Waals surface area contributed by atoms with Crippen molar-refractivity contribution in [2.75, 3.05) is 18.0 Å². The summed E-state index contributed by atoms with van der Waals surface area (Å²) >= 11 is 0. The molecule has 1 N–H and O–H groups in total. The molecule has 0 radical (unpaired) electrons. The first kappa shape index (κ1) is 15.0. The zero-order chi connectivity index (χ0) is 13.4. The van der Waals surface area contributed by atoms with Gasteiger partial charge in [-0.3, -0.25) is 0 Å². The van der Waals surface area contributed by atoms with Gasteiger partial charge in [0.15, 0.2) is 0 Å². The molecule has 0 aliphatic rings. The van der Waals surface area contributed by atoms with E-state index in [4.69, 9.17) is 0 Å². The molecule has 0 saturated heterocycles. The molecule has 0 bridgehead atoms. The predicted molar refractivity (Wildman–Crippen MR) is 76.9 cm³/mol. The van der Waals surface area contributed by atoms with Crippen molar-refractivity contribution in [3.8, 4) is 0 Å². The van der Waals surface area contributed by atoms with Crippen LogP contribution in [0.3, 0.4) is 0 Å². The zero-order valence-corrected chi connectivity index (χ0v) is 11.9. The molecule has 1 aromatic heterocycles. The molecular formula is C15H26N2O. The third-order valence-electron chi connectivity index (χ3n) is 3.24. The van der Waals surface area contributed by atoms with Crippen molar-refractivity contribution in [2.45, 2.75) is 53.1 Å². The molecule has 1 aromatic rings. The smallest absolute Gasteiger partial charge is 0.128 e. The SMILES string of the molecule is CCCCN(CCCC)c1ccc(CO)c(C)n1. The van der Waals surface area contributed by atoms with Gasteiger partial charge in [0.05, 0.1) is 6.61 Å². The second-order valence-electron chi connectivity index (χ2n) is 4.77. The van der Waals surface area contributed by atoms with E-state index in [2.05, 4.69) is 23.7 Å². The van der Waals surface area contributed by atoms with E-state index >= 15 is 0 Å². The molecule has 0 amide bonds. The van der Waals surface area contributed by atoms with Crippen molar-refractivity contribution in [1.29, 1.82) is 0 Å². The van der Waals surface area contributed by atoms with Crippen LogP contribution in [0.5, 0.6) is 0 Å². The van der Waals surface area contributed by atoms with Crippen LogP contribution in [0.25, 0.3) is 0 Å². The van der Waals surface area contributed by atoms with E-state index in [0.717, 1.165) is 30.2 Å². The molecule has 0 fully saturated rings. The fourth-order valence-corrected chi connectivity index (χ4v) is 1.96. The lowest BCUT2D eigenvalue weighted by atomic mass is 10.2. The zero-order valence-electron chi connectivity index (χ0n) is 11.9. The van der Waals surface area contributed by atoms with Crippen molar-refractivity contribution in [3.63, 3.8) is 0 Å². The van der Waals surface area contributed by atoms with Crippen LogP contribution in [-0.2, 0) is 6.61 Å². The topological polar surface area (TPSA) is 36.4 Å². The summed E-state index contributed by atoms with van der Waals surface area (Å²) in [5.74, 6) is 1.05. The van der Waals surface area contributed by atoms with Gasteiger partial charge in [0.2, 0.25) is 0 Å². The van der Waals surface area contributed by atoms with Crippen LogP contribution in [0.2, 0.25) is 0 Å². The van der Waals surface area contributed by atoms with Crippen LogP contribution >= 0.6 is 0 Å². The molecule has 1 heterocycles. The van der Waals surface area contributed by atoms with Gasteiger partial charge in [0, 0.05) is 18.8 Å². The number of aliphatic hydroxyl groups excluding tert-OH is 1. The number of pyridine rings is 1. The molecular weight excluding hydrogens is 224 g/mol. The Morgan fingerprint density at radius 3 is 2.17 bits per heavy atom. The number of unbranched alkanes of at least 4 members (excludes halogenated alkanes) is 2. The first-order chi connectivity index (χ1) is 8.72. The fraction of sp³-hybridized carbons (Fsp3) is 0.667. The van der Waals surface area contributed by atoms with Crippen molar-refractivity contribution in [2.24, 2.45) is 0 Å².